The smallest absolute Gasteiger partial charge is 0.182 e. The van der Waals surface area contributed by atoms with Gasteiger partial charge in [-0.3, -0.25) is 0 Å². The summed E-state index contributed by atoms with van der Waals surface area (Å²) in [6, 6.07) is 0. The van der Waals surface area contributed by atoms with Gasteiger partial charge in [-0.25, -0.2) is 4.98 Å². The van der Waals surface area contributed by atoms with Crippen molar-refractivity contribution in [3.8, 4) is 0 Å². The molecule has 0 aromatic carbocycles. The van der Waals surface area contributed by atoms with E-state index < -0.39 is 0 Å². The fourth-order valence-corrected chi connectivity index (χ4v) is 3.98. The van der Waals surface area contributed by atoms with E-state index in [4.69, 9.17) is 0 Å². The lowest BCUT2D eigenvalue weighted by Crippen LogP contribution is -2.19. The molecule has 2 fully saturated rings. The van der Waals surface area contributed by atoms with Gasteiger partial charge in [-0.15, -0.1) is 11.3 Å². The normalized spacial score (nSPS) is 33.5. The maximum absolute atomic E-state index is 4.44. The third kappa shape index (κ3) is 1.89. The molecule has 0 amide bonds. The van der Waals surface area contributed by atoms with Crippen LogP contribution in [0.3, 0.4) is 0 Å². The molecule has 2 saturated carbocycles. The van der Waals surface area contributed by atoms with E-state index in [2.05, 4.69) is 22.6 Å². The van der Waals surface area contributed by atoms with Gasteiger partial charge >= 0.3 is 0 Å². The van der Waals surface area contributed by atoms with Crippen LogP contribution in [0.2, 0.25) is 0 Å². The quantitative estimate of drug-likeness (QED) is 0.848. The van der Waals surface area contributed by atoms with Gasteiger partial charge in [-0.1, -0.05) is 6.42 Å². The Bertz CT molecular complexity index is 347. The van der Waals surface area contributed by atoms with Crippen molar-refractivity contribution in [1.82, 2.24) is 4.98 Å². The van der Waals surface area contributed by atoms with E-state index in [1.807, 2.05) is 0 Å². The van der Waals surface area contributed by atoms with Crippen LogP contribution in [0.25, 0.3) is 0 Å². The summed E-state index contributed by atoms with van der Waals surface area (Å²) in [5, 5.41) is 6.72. The first kappa shape index (κ1) is 9.64. The number of aryl methyl sites for hydroxylation is 1. The van der Waals surface area contributed by atoms with Crippen molar-refractivity contribution in [2.45, 2.75) is 32.6 Å². The van der Waals surface area contributed by atoms with E-state index in [1.54, 1.807) is 11.3 Å². The Balaban J connectivity index is 1.54. The van der Waals surface area contributed by atoms with Crippen molar-refractivity contribution >= 4 is 16.5 Å². The average molecular weight is 222 g/mol. The maximum atomic E-state index is 4.44. The van der Waals surface area contributed by atoms with Gasteiger partial charge in [0.15, 0.2) is 5.13 Å². The van der Waals surface area contributed by atoms with Gasteiger partial charge in [-0.2, -0.15) is 0 Å². The maximum Gasteiger partial charge on any atom is 0.182 e. The van der Waals surface area contributed by atoms with Crippen LogP contribution in [0.5, 0.6) is 0 Å². The summed E-state index contributed by atoms with van der Waals surface area (Å²) < 4.78 is 0. The number of rotatable bonds is 3. The highest BCUT2D eigenvalue weighted by Crippen LogP contribution is 2.48. The zero-order chi connectivity index (χ0) is 10.3. The molecular formula is C12H18N2S. The van der Waals surface area contributed by atoms with Gasteiger partial charge in [0.1, 0.15) is 0 Å². The standard InChI is InChI=1S/C12H18N2S/c1-8-7-15-12(14-8)13-6-11-5-9-2-3-10(11)4-9/h7,9-11H,2-6H2,1H3,(H,13,14). The molecule has 2 aliphatic rings. The number of thiazole rings is 1. The first-order valence-corrected chi connectivity index (χ1v) is 6.85. The molecule has 2 aliphatic carbocycles. The summed E-state index contributed by atoms with van der Waals surface area (Å²) in [6.45, 7) is 3.20. The van der Waals surface area contributed by atoms with Crippen molar-refractivity contribution in [3.63, 3.8) is 0 Å². The number of hydrogen-bond donors (Lipinski definition) is 1. The molecule has 3 atom stereocenters. The fraction of sp³-hybridized carbons (Fsp3) is 0.750. The molecule has 82 valence electrons. The third-order valence-electron chi connectivity index (χ3n) is 4.02. The Kier molecular flexibility index (Phi) is 2.43. The van der Waals surface area contributed by atoms with Gasteiger partial charge in [-0.05, 0) is 43.9 Å². The van der Waals surface area contributed by atoms with E-state index in [0.717, 1.165) is 35.1 Å². The zero-order valence-corrected chi connectivity index (χ0v) is 10.0. The van der Waals surface area contributed by atoms with Crippen LogP contribution in [-0.4, -0.2) is 11.5 Å². The van der Waals surface area contributed by atoms with Gasteiger partial charge < -0.3 is 5.32 Å². The minimum absolute atomic E-state index is 0.924. The lowest BCUT2D eigenvalue weighted by Gasteiger charge is -2.21. The summed E-state index contributed by atoms with van der Waals surface area (Å²) >= 11 is 1.73. The second-order valence-corrected chi connectivity index (χ2v) is 5.97. The Morgan fingerprint density at radius 2 is 2.40 bits per heavy atom. The Morgan fingerprint density at radius 1 is 1.47 bits per heavy atom. The first-order valence-electron chi connectivity index (χ1n) is 5.97. The largest absolute Gasteiger partial charge is 0.361 e. The molecule has 2 bridgehead atoms. The molecule has 3 unspecified atom stereocenters. The molecule has 3 heteroatoms. The first-order chi connectivity index (χ1) is 7.31. The van der Waals surface area contributed by atoms with Crippen molar-refractivity contribution in [2.75, 3.05) is 11.9 Å². The third-order valence-corrected chi connectivity index (χ3v) is 4.94. The van der Waals surface area contributed by atoms with E-state index in [1.165, 1.54) is 25.7 Å². The predicted octanol–water partition coefficient (Wildman–Crippen LogP) is 3.30. The van der Waals surface area contributed by atoms with Crippen molar-refractivity contribution in [3.05, 3.63) is 11.1 Å². The summed E-state index contributed by atoms with van der Waals surface area (Å²) in [4.78, 5) is 4.44. The Hall–Kier alpha value is -0.570. The number of nitrogens with one attached hydrogen (secondary N) is 1. The van der Waals surface area contributed by atoms with E-state index in [9.17, 15) is 0 Å². The molecule has 0 radical (unpaired) electrons. The summed E-state index contributed by atoms with van der Waals surface area (Å²) in [6.07, 6.45) is 5.94. The van der Waals surface area contributed by atoms with Crippen molar-refractivity contribution in [2.24, 2.45) is 17.8 Å². The highest BCUT2D eigenvalue weighted by Gasteiger charge is 2.39. The van der Waals surface area contributed by atoms with E-state index >= 15 is 0 Å². The molecule has 3 rings (SSSR count). The minimum atomic E-state index is 0.924. The van der Waals surface area contributed by atoms with Crippen molar-refractivity contribution in [1.29, 1.82) is 0 Å². The van der Waals surface area contributed by atoms with Gasteiger partial charge in [0.05, 0.1) is 5.69 Å². The zero-order valence-electron chi connectivity index (χ0n) is 9.20. The molecule has 1 N–H and O–H groups in total. The SMILES string of the molecule is Cc1csc(NCC2CC3CCC2C3)n1. The van der Waals surface area contributed by atoms with Crippen LogP contribution in [0.1, 0.15) is 31.4 Å². The lowest BCUT2D eigenvalue weighted by molar-refractivity contribution is 0.348. The molecule has 1 heterocycles. The lowest BCUT2D eigenvalue weighted by atomic mass is 9.89. The number of fused-ring (bicyclic) bond motifs is 2. The Labute approximate surface area is 95.1 Å². The average Bonchev–Trinajstić information content (AvgIpc) is 2.90. The van der Waals surface area contributed by atoms with Crippen LogP contribution in [0.4, 0.5) is 5.13 Å². The van der Waals surface area contributed by atoms with Gasteiger partial charge in [0, 0.05) is 11.9 Å². The summed E-state index contributed by atoms with van der Waals surface area (Å²) in [7, 11) is 0. The van der Waals surface area contributed by atoms with Crippen LogP contribution in [0, 0.1) is 24.7 Å². The molecule has 0 spiro atoms. The second-order valence-electron chi connectivity index (χ2n) is 5.11. The Morgan fingerprint density at radius 3 is 3.00 bits per heavy atom. The van der Waals surface area contributed by atoms with Crippen LogP contribution >= 0.6 is 11.3 Å². The molecule has 15 heavy (non-hydrogen) atoms. The van der Waals surface area contributed by atoms with E-state index in [0.29, 0.717) is 0 Å². The molecule has 0 saturated heterocycles. The number of aromatic nitrogens is 1. The fourth-order valence-electron chi connectivity index (χ4n) is 3.28. The molecular weight excluding hydrogens is 204 g/mol. The van der Waals surface area contributed by atoms with Gasteiger partial charge in [0.25, 0.3) is 0 Å². The molecule has 2 nitrogen and oxygen atoms in total. The van der Waals surface area contributed by atoms with Crippen LogP contribution < -0.4 is 5.32 Å². The number of hydrogen-bond acceptors (Lipinski definition) is 3. The number of anilines is 1. The molecule has 0 aliphatic heterocycles. The monoisotopic (exact) mass is 222 g/mol. The van der Waals surface area contributed by atoms with Crippen molar-refractivity contribution < 1.29 is 0 Å². The second kappa shape index (κ2) is 3.78. The van der Waals surface area contributed by atoms with E-state index in [-0.39, 0.29) is 0 Å². The predicted molar refractivity (Wildman–Crippen MR) is 64.3 cm³/mol. The number of nitrogens with zero attached hydrogens (tertiary/aromatic N) is 1. The molecule has 1 aromatic rings. The highest BCUT2D eigenvalue weighted by molar-refractivity contribution is 7.13. The summed E-state index contributed by atoms with van der Waals surface area (Å²) in [5.74, 6) is 3.00. The van der Waals surface area contributed by atoms with Crippen LogP contribution in [-0.2, 0) is 0 Å². The topological polar surface area (TPSA) is 24.9 Å². The summed E-state index contributed by atoms with van der Waals surface area (Å²) in [5.41, 5.74) is 1.13. The minimum Gasteiger partial charge on any atom is -0.361 e. The molecule has 1 aromatic heterocycles. The van der Waals surface area contributed by atoms with Gasteiger partial charge in [0.2, 0.25) is 0 Å². The van der Waals surface area contributed by atoms with Crippen LogP contribution in [0.15, 0.2) is 5.38 Å². The highest BCUT2D eigenvalue weighted by atomic mass is 32.1.